The molecule has 3 aliphatic heterocycles. The zero-order chi connectivity index (χ0) is 50.0. The van der Waals surface area contributed by atoms with Crippen LogP contribution in [0.15, 0.2) is 63.8 Å². The van der Waals surface area contributed by atoms with E-state index < -0.39 is 146 Å². The number of benzene rings is 3. The molecule has 13 N–H and O–H groups in total. The number of aliphatic hydroxyl groups is 10. The van der Waals surface area contributed by atoms with Crippen LogP contribution in [-0.4, -0.2) is 199 Å². The van der Waals surface area contributed by atoms with Crippen LogP contribution in [0.1, 0.15) is 5.56 Å². The molecule has 0 saturated carbocycles. The SMILES string of the molecule is COc1cc(C=CC(=O)OC2C(OCC3OC(Oc4cc(O)c5c(=O)c(OC6OC(CO)C(O)C(O)C6O)c(-c6ccc(O)cc6)oc5c4)C(O)C(O)C3O)OC(CO)C(O)C2O)cc(OC)c1O. The number of phenols is 3. The molecule has 3 fully saturated rings. The second kappa shape index (κ2) is 21.4. The van der Waals surface area contributed by atoms with Gasteiger partial charge in [0.1, 0.15) is 95.4 Å². The number of aliphatic hydroxyl groups excluding tert-OH is 10. The van der Waals surface area contributed by atoms with Crippen LogP contribution in [0.5, 0.6) is 40.2 Å². The Hall–Kier alpha value is -5.88. The average Bonchev–Trinajstić information content (AvgIpc) is 3.33. The van der Waals surface area contributed by atoms with Crippen LogP contribution in [0.25, 0.3) is 28.4 Å². The third-order valence-electron chi connectivity index (χ3n) is 11.5. The van der Waals surface area contributed by atoms with E-state index in [1.165, 1.54) is 56.7 Å². The molecular weight excluding hydrogens is 928 g/mol. The van der Waals surface area contributed by atoms with Gasteiger partial charge in [-0.2, -0.15) is 0 Å². The van der Waals surface area contributed by atoms with Gasteiger partial charge in [-0.15, -0.1) is 0 Å². The molecule has 0 bridgehead atoms. The van der Waals surface area contributed by atoms with Crippen molar-refractivity contribution in [2.24, 2.45) is 0 Å². The summed E-state index contributed by atoms with van der Waals surface area (Å²) in [6.45, 7) is -2.43. The molecule has 7 rings (SSSR count). The Bertz CT molecular complexity index is 2490. The zero-order valence-electron chi connectivity index (χ0n) is 36.3. The second-order valence-electron chi connectivity index (χ2n) is 15.9. The van der Waals surface area contributed by atoms with Crippen molar-refractivity contribution >= 4 is 23.0 Å². The molecule has 25 heteroatoms. The van der Waals surface area contributed by atoms with Crippen molar-refractivity contribution < 1.29 is 118 Å². The van der Waals surface area contributed by atoms with Gasteiger partial charge in [0.25, 0.3) is 0 Å². The molecule has 69 heavy (non-hydrogen) atoms. The Morgan fingerprint density at radius 1 is 0.667 bits per heavy atom. The highest BCUT2D eigenvalue weighted by Gasteiger charge is 2.50. The van der Waals surface area contributed by atoms with Crippen molar-refractivity contribution in [1.82, 2.24) is 0 Å². The lowest BCUT2D eigenvalue weighted by molar-refractivity contribution is -0.324. The third-order valence-corrected chi connectivity index (χ3v) is 11.5. The van der Waals surface area contributed by atoms with Gasteiger partial charge in [0, 0.05) is 23.8 Å². The molecule has 1 aromatic heterocycles. The second-order valence-corrected chi connectivity index (χ2v) is 15.9. The van der Waals surface area contributed by atoms with Gasteiger partial charge >= 0.3 is 5.97 Å². The van der Waals surface area contributed by atoms with Crippen LogP contribution in [-0.2, 0) is 28.5 Å². The van der Waals surface area contributed by atoms with Gasteiger partial charge in [-0.05, 0) is 48.0 Å². The lowest BCUT2D eigenvalue weighted by Crippen LogP contribution is -2.62. The van der Waals surface area contributed by atoms with Crippen molar-refractivity contribution in [2.75, 3.05) is 34.0 Å². The maximum absolute atomic E-state index is 14.1. The summed E-state index contributed by atoms with van der Waals surface area (Å²) in [6.07, 6.45) is -24.9. The van der Waals surface area contributed by atoms with Crippen LogP contribution >= 0.6 is 0 Å². The van der Waals surface area contributed by atoms with Gasteiger partial charge in [-0.1, -0.05) is 0 Å². The van der Waals surface area contributed by atoms with Crippen LogP contribution in [0.3, 0.4) is 0 Å². The first-order valence-electron chi connectivity index (χ1n) is 20.9. The molecule has 0 spiro atoms. The summed E-state index contributed by atoms with van der Waals surface area (Å²) in [4.78, 5) is 27.1. The van der Waals surface area contributed by atoms with Gasteiger partial charge in [0.05, 0.1) is 34.0 Å². The number of hydrogen-bond donors (Lipinski definition) is 13. The van der Waals surface area contributed by atoms with Gasteiger partial charge in [0.15, 0.2) is 29.7 Å². The largest absolute Gasteiger partial charge is 0.508 e. The monoisotopic (exact) mass is 978 g/mol. The first-order chi connectivity index (χ1) is 32.9. The van der Waals surface area contributed by atoms with E-state index in [9.17, 15) is 76.0 Å². The van der Waals surface area contributed by atoms with Crippen LogP contribution in [0.4, 0.5) is 0 Å². The van der Waals surface area contributed by atoms with Crippen molar-refractivity contribution in [2.45, 2.75) is 92.1 Å². The number of hydrogen-bond acceptors (Lipinski definition) is 25. The highest BCUT2D eigenvalue weighted by Crippen LogP contribution is 2.40. The molecule has 0 amide bonds. The van der Waals surface area contributed by atoms with Crippen molar-refractivity contribution in [1.29, 1.82) is 0 Å². The van der Waals surface area contributed by atoms with Gasteiger partial charge in [-0.3, -0.25) is 4.79 Å². The number of esters is 1. The smallest absolute Gasteiger partial charge is 0.331 e. The summed E-state index contributed by atoms with van der Waals surface area (Å²) in [7, 11) is 2.59. The Labute approximate surface area is 388 Å². The molecule has 4 aromatic rings. The maximum Gasteiger partial charge on any atom is 0.331 e. The fraction of sp³-hybridized carbons (Fsp3) is 0.455. The molecule has 376 valence electrons. The molecule has 4 heterocycles. The number of phenolic OH excluding ortho intramolecular Hbond substituents is 3. The van der Waals surface area contributed by atoms with E-state index in [1.807, 2.05) is 0 Å². The fourth-order valence-corrected chi connectivity index (χ4v) is 7.66. The number of carbonyl (C=O) groups is 1. The molecule has 3 saturated heterocycles. The first-order valence-corrected chi connectivity index (χ1v) is 20.9. The van der Waals surface area contributed by atoms with Crippen molar-refractivity contribution in [3.8, 4) is 51.6 Å². The van der Waals surface area contributed by atoms with E-state index in [1.54, 1.807) is 0 Å². The van der Waals surface area contributed by atoms with E-state index in [0.29, 0.717) is 5.56 Å². The number of aromatic hydroxyl groups is 3. The standard InChI is InChI=1S/C44H50O25/c1-60-22-9-16(10-23(61-2)29(22)50)3-8-27(49)68-41-36(57)31(52)25(14-46)66-44(41)62-15-26-32(53)35(56)37(58)42(67-26)63-19-11-20(48)28-21(12-19)64-39(17-4-6-18(47)7-5-17)40(33(28)54)69-43-38(59)34(55)30(51)24(13-45)65-43/h3-12,24-26,30-32,34-38,41-48,50-53,55-59H,13-15H2,1-2H3. The summed E-state index contributed by atoms with van der Waals surface area (Å²) >= 11 is 0. The summed E-state index contributed by atoms with van der Waals surface area (Å²) in [6, 6.07) is 9.78. The predicted molar refractivity (Wildman–Crippen MR) is 227 cm³/mol. The van der Waals surface area contributed by atoms with Gasteiger partial charge < -0.3 is 113 Å². The number of rotatable bonds is 15. The van der Waals surface area contributed by atoms with E-state index in [0.717, 1.165) is 18.2 Å². The molecule has 3 aliphatic rings. The molecular formula is C44H50O25. The van der Waals surface area contributed by atoms with Crippen LogP contribution in [0, 0.1) is 0 Å². The molecule has 0 radical (unpaired) electrons. The average molecular weight is 979 g/mol. The highest BCUT2D eigenvalue weighted by atomic mass is 16.7. The predicted octanol–water partition coefficient (Wildman–Crippen LogP) is -2.96. The molecule has 15 atom stereocenters. The van der Waals surface area contributed by atoms with E-state index in [2.05, 4.69) is 0 Å². The minimum absolute atomic E-state index is 0.0196. The van der Waals surface area contributed by atoms with Crippen molar-refractivity contribution in [3.63, 3.8) is 0 Å². The van der Waals surface area contributed by atoms with Gasteiger partial charge in [0.2, 0.25) is 29.5 Å². The minimum atomic E-state index is -2.01. The lowest BCUT2D eigenvalue weighted by Gasteiger charge is -2.43. The summed E-state index contributed by atoms with van der Waals surface area (Å²) in [5.41, 5.74) is -1.07. The van der Waals surface area contributed by atoms with Crippen LogP contribution < -0.4 is 24.4 Å². The quantitative estimate of drug-likeness (QED) is 0.0418. The van der Waals surface area contributed by atoms with Gasteiger partial charge in [-0.25, -0.2) is 4.79 Å². The number of ether oxygens (including phenoxy) is 9. The topological polar surface area (TPSA) is 393 Å². The maximum atomic E-state index is 14.1. The minimum Gasteiger partial charge on any atom is -0.508 e. The van der Waals surface area contributed by atoms with E-state index in [-0.39, 0.29) is 40.1 Å². The Morgan fingerprint density at radius 2 is 1.22 bits per heavy atom. The number of carbonyl (C=O) groups excluding carboxylic acids is 1. The molecule has 0 aliphatic carbocycles. The molecule has 15 unspecified atom stereocenters. The Morgan fingerprint density at radius 3 is 1.81 bits per heavy atom. The summed E-state index contributed by atoms with van der Waals surface area (Å²) in [5.74, 6) is -3.79. The Balaban J connectivity index is 1.11. The van der Waals surface area contributed by atoms with Crippen LogP contribution in [0.2, 0.25) is 0 Å². The number of methoxy groups -OCH3 is 2. The third kappa shape index (κ3) is 10.5. The lowest BCUT2D eigenvalue weighted by atomic mass is 9.98. The summed E-state index contributed by atoms with van der Waals surface area (Å²) in [5, 5.41) is 136. The Kier molecular flexibility index (Phi) is 15.8. The summed E-state index contributed by atoms with van der Waals surface area (Å²) < 4.78 is 55.7. The van der Waals surface area contributed by atoms with E-state index >= 15 is 0 Å². The zero-order valence-corrected chi connectivity index (χ0v) is 36.3. The number of fused-ring (bicyclic) bond motifs is 1. The normalized spacial score (nSPS) is 31.6. The first kappa shape index (κ1) is 51.0. The van der Waals surface area contributed by atoms with E-state index in [4.69, 9.17) is 47.0 Å². The molecule has 25 nitrogen and oxygen atoms in total. The van der Waals surface area contributed by atoms with Crippen molar-refractivity contribution in [3.05, 3.63) is 70.4 Å². The fourth-order valence-electron chi connectivity index (χ4n) is 7.66. The highest BCUT2D eigenvalue weighted by molar-refractivity contribution is 5.89. The molecule has 3 aromatic carbocycles.